The Balaban J connectivity index is 2.33. The molecule has 0 radical (unpaired) electrons. The van der Waals surface area contributed by atoms with Crippen LogP contribution in [0, 0.1) is 6.92 Å². The van der Waals surface area contributed by atoms with Crippen LogP contribution in [-0.4, -0.2) is 17.0 Å². The second-order valence-corrected chi connectivity index (χ2v) is 4.47. The van der Waals surface area contributed by atoms with Gasteiger partial charge < -0.3 is 5.11 Å². The number of rotatable bonds is 4. The summed E-state index contributed by atoms with van der Waals surface area (Å²) in [6.45, 7) is 3.92. The standard InChI is InChI=1S/C11H16OS/c1-9-3-5-11(6-4-9)13-8-7-10(2)12/h3-6,10,12H,7-8H2,1-2H3/t10-/m0/s1. The predicted octanol–water partition coefficient (Wildman–Crippen LogP) is 2.86. The molecule has 0 aromatic heterocycles. The fourth-order valence-corrected chi connectivity index (χ4v) is 2.01. The van der Waals surface area contributed by atoms with E-state index in [1.54, 1.807) is 11.8 Å². The highest BCUT2D eigenvalue weighted by Gasteiger charge is 1.97. The number of hydrogen-bond donors (Lipinski definition) is 1. The smallest absolute Gasteiger partial charge is 0.0520 e. The Morgan fingerprint density at radius 3 is 2.46 bits per heavy atom. The Hall–Kier alpha value is -0.470. The van der Waals surface area contributed by atoms with Crippen molar-refractivity contribution >= 4 is 11.8 Å². The largest absolute Gasteiger partial charge is 0.393 e. The van der Waals surface area contributed by atoms with Crippen molar-refractivity contribution < 1.29 is 5.11 Å². The normalized spacial score (nSPS) is 12.8. The van der Waals surface area contributed by atoms with Gasteiger partial charge in [0.1, 0.15) is 0 Å². The SMILES string of the molecule is Cc1ccc(SCC[C@H](C)O)cc1. The molecule has 0 aliphatic carbocycles. The first-order valence-electron chi connectivity index (χ1n) is 4.56. The van der Waals surface area contributed by atoms with Crippen LogP contribution in [0.25, 0.3) is 0 Å². The van der Waals surface area contributed by atoms with Crippen molar-refractivity contribution in [2.24, 2.45) is 0 Å². The van der Waals surface area contributed by atoms with Gasteiger partial charge in [-0.15, -0.1) is 11.8 Å². The molecular weight excluding hydrogens is 180 g/mol. The maximum atomic E-state index is 9.06. The minimum Gasteiger partial charge on any atom is -0.393 e. The monoisotopic (exact) mass is 196 g/mol. The van der Waals surface area contributed by atoms with E-state index in [0.29, 0.717) is 0 Å². The number of aliphatic hydroxyl groups excluding tert-OH is 1. The molecule has 1 rings (SSSR count). The van der Waals surface area contributed by atoms with E-state index in [9.17, 15) is 0 Å². The summed E-state index contributed by atoms with van der Waals surface area (Å²) in [4.78, 5) is 1.28. The van der Waals surface area contributed by atoms with Crippen LogP contribution in [0.1, 0.15) is 18.9 Å². The van der Waals surface area contributed by atoms with Crippen molar-refractivity contribution in [2.75, 3.05) is 5.75 Å². The van der Waals surface area contributed by atoms with E-state index < -0.39 is 0 Å². The lowest BCUT2D eigenvalue weighted by Gasteiger charge is -2.03. The summed E-state index contributed by atoms with van der Waals surface area (Å²) in [5.74, 6) is 0.987. The van der Waals surface area contributed by atoms with Gasteiger partial charge in [-0.3, -0.25) is 0 Å². The van der Waals surface area contributed by atoms with Gasteiger partial charge >= 0.3 is 0 Å². The Bertz CT molecular complexity index is 241. The maximum absolute atomic E-state index is 9.06. The molecule has 0 fully saturated rings. The van der Waals surface area contributed by atoms with Crippen LogP contribution in [0.15, 0.2) is 29.2 Å². The molecule has 1 atom stereocenters. The first kappa shape index (κ1) is 10.6. The highest BCUT2D eigenvalue weighted by Crippen LogP contribution is 2.19. The Morgan fingerprint density at radius 1 is 1.31 bits per heavy atom. The molecule has 13 heavy (non-hydrogen) atoms. The molecular formula is C11H16OS. The van der Waals surface area contributed by atoms with Crippen LogP contribution in [0.4, 0.5) is 0 Å². The molecule has 1 nitrogen and oxygen atoms in total. The first-order chi connectivity index (χ1) is 6.18. The van der Waals surface area contributed by atoms with Crippen LogP contribution in [0.2, 0.25) is 0 Å². The highest BCUT2D eigenvalue weighted by molar-refractivity contribution is 7.99. The second-order valence-electron chi connectivity index (χ2n) is 3.30. The lowest BCUT2D eigenvalue weighted by atomic mass is 10.2. The molecule has 2 heteroatoms. The minimum absolute atomic E-state index is 0.182. The van der Waals surface area contributed by atoms with E-state index in [-0.39, 0.29) is 6.10 Å². The van der Waals surface area contributed by atoms with Crippen molar-refractivity contribution in [3.8, 4) is 0 Å². The van der Waals surface area contributed by atoms with E-state index >= 15 is 0 Å². The van der Waals surface area contributed by atoms with Crippen LogP contribution in [-0.2, 0) is 0 Å². The molecule has 0 saturated carbocycles. The summed E-state index contributed by atoms with van der Waals surface area (Å²) in [6, 6.07) is 8.49. The predicted molar refractivity (Wildman–Crippen MR) is 58.2 cm³/mol. The van der Waals surface area contributed by atoms with Crippen molar-refractivity contribution in [1.29, 1.82) is 0 Å². The van der Waals surface area contributed by atoms with Gasteiger partial charge in [0, 0.05) is 10.6 Å². The third kappa shape index (κ3) is 4.34. The van der Waals surface area contributed by atoms with Gasteiger partial charge in [0.15, 0.2) is 0 Å². The molecule has 0 amide bonds. The van der Waals surface area contributed by atoms with E-state index in [0.717, 1.165) is 12.2 Å². The topological polar surface area (TPSA) is 20.2 Å². The fraction of sp³-hybridized carbons (Fsp3) is 0.455. The first-order valence-corrected chi connectivity index (χ1v) is 5.54. The highest BCUT2D eigenvalue weighted by atomic mass is 32.2. The number of benzene rings is 1. The van der Waals surface area contributed by atoms with Crippen LogP contribution in [0.3, 0.4) is 0 Å². The summed E-state index contributed by atoms with van der Waals surface area (Å²) < 4.78 is 0. The van der Waals surface area contributed by atoms with Gasteiger partial charge in [-0.1, -0.05) is 17.7 Å². The van der Waals surface area contributed by atoms with E-state index in [4.69, 9.17) is 5.11 Å². The molecule has 0 saturated heterocycles. The third-order valence-electron chi connectivity index (χ3n) is 1.83. The maximum Gasteiger partial charge on any atom is 0.0520 e. The average molecular weight is 196 g/mol. The lowest BCUT2D eigenvalue weighted by molar-refractivity contribution is 0.192. The molecule has 1 N–H and O–H groups in total. The molecule has 0 unspecified atom stereocenters. The Kier molecular flexibility index (Phi) is 4.33. The Morgan fingerprint density at radius 2 is 1.92 bits per heavy atom. The summed E-state index contributed by atoms with van der Waals surface area (Å²) >= 11 is 1.80. The van der Waals surface area contributed by atoms with Crippen LogP contribution < -0.4 is 0 Å². The molecule has 0 bridgehead atoms. The van der Waals surface area contributed by atoms with Crippen LogP contribution >= 0.6 is 11.8 Å². The molecule has 0 heterocycles. The van der Waals surface area contributed by atoms with Gasteiger partial charge in [0.25, 0.3) is 0 Å². The molecule has 72 valence electrons. The molecule has 1 aromatic rings. The van der Waals surface area contributed by atoms with Gasteiger partial charge in [-0.25, -0.2) is 0 Å². The minimum atomic E-state index is -0.182. The number of aliphatic hydroxyl groups is 1. The number of hydrogen-bond acceptors (Lipinski definition) is 2. The zero-order valence-corrected chi connectivity index (χ0v) is 8.97. The van der Waals surface area contributed by atoms with Gasteiger partial charge in [0.05, 0.1) is 6.10 Å². The van der Waals surface area contributed by atoms with Gasteiger partial charge in [-0.2, -0.15) is 0 Å². The fourth-order valence-electron chi connectivity index (χ4n) is 0.982. The van der Waals surface area contributed by atoms with Crippen molar-refractivity contribution in [3.05, 3.63) is 29.8 Å². The summed E-state index contributed by atoms with van der Waals surface area (Å²) in [7, 11) is 0. The van der Waals surface area contributed by atoms with E-state index in [1.165, 1.54) is 10.5 Å². The van der Waals surface area contributed by atoms with Gasteiger partial charge in [0.2, 0.25) is 0 Å². The number of aryl methyl sites for hydroxylation is 1. The summed E-state index contributed by atoms with van der Waals surface area (Å²) in [6.07, 6.45) is 0.677. The van der Waals surface area contributed by atoms with E-state index in [2.05, 4.69) is 31.2 Å². The molecule has 0 spiro atoms. The summed E-state index contributed by atoms with van der Waals surface area (Å²) in [5.41, 5.74) is 1.29. The zero-order valence-electron chi connectivity index (χ0n) is 8.16. The zero-order chi connectivity index (χ0) is 9.68. The molecule has 0 aliphatic rings. The second kappa shape index (κ2) is 5.30. The average Bonchev–Trinajstić information content (AvgIpc) is 2.08. The van der Waals surface area contributed by atoms with Gasteiger partial charge in [-0.05, 0) is 32.4 Å². The van der Waals surface area contributed by atoms with Crippen molar-refractivity contribution in [3.63, 3.8) is 0 Å². The molecule has 0 aliphatic heterocycles. The van der Waals surface area contributed by atoms with Crippen LogP contribution in [0.5, 0.6) is 0 Å². The van der Waals surface area contributed by atoms with Crippen molar-refractivity contribution in [2.45, 2.75) is 31.3 Å². The van der Waals surface area contributed by atoms with Crippen molar-refractivity contribution in [1.82, 2.24) is 0 Å². The third-order valence-corrected chi connectivity index (χ3v) is 2.87. The van der Waals surface area contributed by atoms with E-state index in [1.807, 2.05) is 6.92 Å². The lowest BCUT2D eigenvalue weighted by Crippen LogP contribution is -2.00. The summed E-state index contributed by atoms with van der Waals surface area (Å²) in [5, 5.41) is 9.06. The quantitative estimate of drug-likeness (QED) is 0.747. The molecule has 1 aromatic carbocycles. The number of thioether (sulfide) groups is 1. The Labute approximate surface area is 84.2 Å².